The largest absolute Gasteiger partial charge is 0.487 e. The number of hydrogen-bond donors (Lipinski definition) is 1. The average molecular weight is 342 g/mol. The monoisotopic (exact) mass is 341 g/mol. The molecule has 0 aliphatic carbocycles. The first-order chi connectivity index (χ1) is 9.60. The lowest BCUT2D eigenvalue weighted by Crippen LogP contribution is -2.01. The summed E-state index contributed by atoms with van der Waals surface area (Å²) in [7, 11) is 1.59. The zero-order chi connectivity index (χ0) is 14.5. The van der Waals surface area contributed by atoms with Gasteiger partial charge in [0.25, 0.3) is 0 Å². The van der Waals surface area contributed by atoms with Gasteiger partial charge in [0.1, 0.15) is 24.7 Å². The lowest BCUT2D eigenvalue weighted by atomic mass is 10.1. The van der Waals surface area contributed by atoms with E-state index in [0.717, 1.165) is 10.0 Å². The lowest BCUT2D eigenvalue weighted by molar-refractivity contribution is 0.155. The molecule has 0 aliphatic heterocycles. The Hall–Kier alpha value is -1.37. The van der Waals surface area contributed by atoms with Crippen LogP contribution in [-0.2, 0) is 18.0 Å². The van der Waals surface area contributed by atoms with Crippen LogP contribution in [0.1, 0.15) is 30.0 Å². The summed E-state index contributed by atoms with van der Waals surface area (Å²) < 4.78 is 16.6. The summed E-state index contributed by atoms with van der Waals surface area (Å²) in [6.07, 6.45) is -0.608. The second kappa shape index (κ2) is 6.88. The van der Waals surface area contributed by atoms with Gasteiger partial charge in [-0.05, 0) is 25.1 Å². The van der Waals surface area contributed by atoms with Crippen molar-refractivity contribution in [1.82, 2.24) is 5.16 Å². The number of benzene rings is 1. The summed E-state index contributed by atoms with van der Waals surface area (Å²) in [5.41, 5.74) is 1.40. The van der Waals surface area contributed by atoms with E-state index in [9.17, 15) is 5.11 Å². The van der Waals surface area contributed by atoms with Gasteiger partial charge in [-0.1, -0.05) is 21.1 Å². The molecule has 108 valence electrons. The van der Waals surface area contributed by atoms with E-state index in [4.69, 9.17) is 14.0 Å². The minimum absolute atomic E-state index is 0.272. The summed E-state index contributed by atoms with van der Waals surface area (Å²) in [4.78, 5) is 0. The van der Waals surface area contributed by atoms with E-state index >= 15 is 0 Å². The molecule has 1 aromatic heterocycles. The maximum Gasteiger partial charge on any atom is 0.162 e. The van der Waals surface area contributed by atoms with Gasteiger partial charge in [-0.2, -0.15) is 0 Å². The third kappa shape index (κ3) is 3.82. The molecule has 2 rings (SSSR count). The van der Waals surface area contributed by atoms with Crippen LogP contribution in [0.25, 0.3) is 0 Å². The standard InChI is InChI=1S/C14H16BrNO4/c1-9(17)13-5-10(15)3-4-14(13)19-7-11-6-12(8-18-2)20-16-11/h3-6,9,17H,7-8H2,1-2H3/t9-/m1/s1. The van der Waals surface area contributed by atoms with Crippen LogP contribution in [0.15, 0.2) is 33.3 Å². The Bertz CT molecular complexity index is 568. The molecule has 1 N–H and O–H groups in total. The topological polar surface area (TPSA) is 64.7 Å². The highest BCUT2D eigenvalue weighted by Crippen LogP contribution is 2.29. The van der Waals surface area contributed by atoms with Crippen LogP contribution in [-0.4, -0.2) is 17.4 Å². The van der Waals surface area contributed by atoms with Crippen LogP contribution < -0.4 is 4.74 Å². The predicted octanol–water partition coefficient (Wildman–Crippen LogP) is 3.22. The fourth-order valence-electron chi connectivity index (χ4n) is 1.76. The number of nitrogens with zero attached hydrogens (tertiary/aromatic N) is 1. The van der Waals surface area contributed by atoms with Gasteiger partial charge in [0.2, 0.25) is 0 Å². The third-order valence-electron chi connectivity index (χ3n) is 2.69. The van der Waals surface area contributed by atoms with E-state index in [1.165, 1.54) is 0 Å². The van der Waals surface area contributed by atoms with Crippen LogP contribution in [0, 0.1) is 0 Å². The van der Waals surface area contributed by atoms with Crippen LogP contribution in [0.4, 0.5) is 0 Å². The van der Waals surface area contributed by atoms with Crippen molar-refractivity contribution < 1.29 is 19.1 Å². The predicted molar refractivity (Wildman–Crippen MR) is 76.3 cm³/mol. The molecule has 6 heteroatoms. The third-order valence-corrected chi connectivity index (χ3v) is 3.19. The van der Waals surface area contributed by atoms with Gasteiger partial charge in [0.15, 0.2) is 5.76 Å². The molecule has 20 heavy (non-hydrogen) atoms. The quantitative estimate of drug-likeness (QED) is 0.873. The average Bonchev–Trinajstić information content (AvgIpc) is 2.85. The van der Waals surface area contributed by atoms with Gasteiger partial charge in [0, 0.05) is 23.2 Å². The zero-order valence-corrected chi connectivity index (χ0v) is 12.9. The van der Waals surface area contributed by atoms with Crippen molar-refractivity contribution in [3.63, 3.8) is 0 Å². The minimum Gasteiger partial charge on any atom is -0.487 e. The lowest BCUT2D eigenvalue weighted by Gasteiger charge is -2.13. The van der Waals surface area contributed by atoms with Crippen molar-refractivity contribution in [1.29, 1.82) is 0 Å². The van der Waals surface area contributed by atoms with E-state index in [-0.39, 0.29) is 6.61 Å². The summed E-state index contributed by atoms with van der Waals surface area (Å²) in [6.45, 7) is 2.35. The van der Waals surface area contributed by atoms with Crippen molar-refractivity contribution in [3.8, 4) is 5.75 Å². The van der Waals surface area contributed by atoms with Gasteiger partial charge < -0.3 is 19.1 Å². The normalized spacial score (nSPS) is 12.4. The summed E-state index contributed by atoms with van der Waals surface area (Å²) >= 11 is 3.37. The van der Waals surface area contributed by atoms with Crippen molar-refractivity contribution in [2.45, 2.75) is 26.2 Å². The van der Waals surface area contributed by atoms with Crippen LogP contribution in [0.5, 0.6) is 5.75 Å². The molecule has 1 atom stereocenters. The first-order valence-electron chi connectivity index (χ1n) is 6.14. The number of aliphatic hydroxyl groups is 1. The Morgan fingerprint density at radius 1 is 1.35 bits per heavy atom. The molecule has 0 fully saturated rings. The highest BCUT2D eigenvalue weighted by Gasteiger charge is 2.11. The first kappa shape index (κ1) is 15.0. The number of aromatic nitrogens is 1. The molecule has 0 saturated carbocycles. The SMILES string of the molecule is COCc1cc(COc2ccc(Br)cc2[C@@H](C)O)no1. The molecule has 5 nitrogen and oxygen atoms in total. The maximum atomic E-state index is 9.75. The molecule has 0 aliphatic rings. The molecule has 0 amide bonds. The maximum absolute atomic E-state index is 9.75. The molecular weight excluding hydrogens is 326 g/mol. The fourth-order valence-corrected chi connectivity index (χ4v) is 2.14. The number of methoxy groups -OCH3 is 1. The van der Waals surface area contributed by atoms with Crippen LogP contribution in [0.2, 0.25) is 0 Å². The number of ether oxygens (including phenoxy) is 2. The summed E-state index contributed by atoms with van der Waals surface area (Å²) in [6, 6.07) is 7.28. The van der Waals surface area contributed by atoms with Gasteiger partial charge >= 0.3 is 0 Å². The minimum atomic E-state index is -0.608. The van der Waals surface area contributed by atoms with Crippen molar-refractivity contribution in [3.05, 3.63) is 45.8 Å². The van der Waals surface area contributed by atoms with Crippen molar-refractivity contribution >= 4 is 15.9 Å². The summed E-state index contributed by atoms with van der Waals surface area (Å²) in [5, 5.41) is 13.6. The molecule has 1 heterocycles. The Morgan fingerprint density at radius 2 is 2.15 bits per heavy atom. The summed E-state index contributed by atoms with van der Waals surface area (Å²) in [5.74, 6) is 1.28. The van der Waals surface area contributed by atoms with Crippen LogP contribution in [0.3, 0.4) is 0 Å². The second-order valence-electron chi connectivity index (χ2n) is 4.36. The van der Waals surface area contributed by atoms with Gasteiger partial charge in [-0.25, -0.2) is 0 Å². The zero-order valence-electron chi connectivity index (χ0n) is 11.3. The molecule has 2 aromatic rings. The molecule has 0 spiro atoms. The Labute approximate surface area is 125 Å². The van der Waals surface area contributed by atoms with E-state index in [0.29, 0.717) is 23.8 Å². The molecule has 0 radical (unpaired) electrons. The van der Waals surface area contributed by atoms with E-state index in [2.05, 4.69) is 21.1 Å². The van der Waals surface area contributed by atoms with Gasteiger partial charge in [0.05, 0.1) is 6.10 Å². The van der Waals surface area contributed by atoms with Crippen molar-refractivity contribution in [2.75, 3.05) is 7.11 Å². The van der Waals surface area contributed by atoms with Crippen LogP contribution >= 0.6 is 15.9 Å². The highest BCUT2D eigenvalue weighted by molar-refractivity contribution is 9.10. The smallest absolute Gasteiger partial charge is 0.162 e. The number of hydrogen-bond acceptors (Lipinski definition) is 5. The Kier molecular flexibility index (Phi) is 5.17. The molecular formula is C14H16BrNO4. The molecule has 0 saturated heterocycles. The van der Waals surface area contributed by atoms with E-state index in [1.807, 2.05) is 18.2 Å². The molecule has 0 unspecified atom stereocenters. The van der Waals surface area contributed by atoms with E-state index in [1.54, 1.807) is 20.1 Å². The molecule has 1 aromatic carbocycles. The van der Waals surface area contributed by atoms with Crippen molar-refractivity contribution in [2.24, 2.45) is 0 Å². The van der Waals surface area contributed by atoms with E-state index < -0.39 is 6.10 Å². The first-order valence-corrected chi connectivity index (χ1v) is 6.93. The number of halogens is 1. The highest BCUT2D eigenvalue weighted by atomic mass is 79.9. The van der Waals surface area contributed by atoms with Gasteiger partial charge in [-0.15, -0.1) is 0 Å². The second-order valence-corrected chi connectivity index (χ2v) is 5.28. The number of rotatable bonds is 6. The Balaban J connectivity index is 2.06. The van der Waals surface area contributed by atoms with Gasteiger partial charge in [-0.3, -0.25) is 0 Å². The fraction of sp³-hybridized carbons (Fsp3) is 0.357. The number of aliphatic hydroxyl groups excluding tert-OH is 1. The Morgan fingerprint density at radius 3 is 2.85 bits per heavy atom. The molecule has 0 bridgehead atoms.